The van der Waals surface area contributed by atoms with Gasteiger partial charge in [0.2, 0.25) is 5.91 Å². The largest absolute Gasteiger partial charge is 0.493 e. The van der Waals surface area contributed by atoms with Crippen molar-refractivity contribution in [2.75, 3.05) is 20.8 Å². The predicted molar refractivity (Wildman–Crippen MR) is 86.8 cm³/mol. The Balaban J connectivity index is 1.75. The summed E-state index contributed by atoms with van der Waals surface area (Å²) in [6, 6.07) is 4.86. The normalized spacial score (nSPS) is 28.6. The number of nitrogens with zero attached hydrogens (tertiary/aromatic N) is 1. The summed E-state index contributed by atoms with van der Waals surface area (Å²) in [5.74, 6) is 0.560. The number of amides is 1. The Kier molecular flexibility index (Phi) is 4.42. The number of hydrogen-bond donors (Lipinski definition) is 1. The topological polar surface area (TPSA) is 83.3 Å². The second-order valence-electron chi connectivity index (χ2n) is 6.54. The molecule has 2 aliphatic heterocycles. The molecule has 0 radical (unpaired) electrons. The number of carbonyl (C=O) groups excluding carboxylic acids is 1. The summed E-state index contributed by atoms with van der Waals surface area (Å²) in [6.07, 6.45) is -0.215. The van der Waals surface area contributed by atoms with E-state index < -0.39 is 11.8 Å². The first-order valence-electron chi connectivity index (χ1n) is 7.95. The van der Waals surface area contributed by atoms with Gasteiger partial charge in [-0.2, -0.15) is 0 Å². The average molecular weight is 336 g/mol. The number of carbonyl (C=O) groups is 1. The highest BCUT2D eigenvalue weighted by Gasteiger charge is 2.52. The molecule has 132 valence electrons. The molecule has 1 aromatic carbocycles. The third-order valence-electron chi connectivity index (χ3n) is 4.51. The maximum atomic E-state index is 12.2. The molecule has 24 heavy (non-hydrogen) atoms. The molecule has 2 aliphatic rings. The van der Waals surface area contributed by atoms with Crippen molar-refractivity contribution in [1.29, 1.82) is 0 Å². The van der Waals surface area contributed by atoms with Crippen molar-refractivity contribution in [1.82, 2.24) is 4.90 Å². The van der Waals surface area contributed by atoms with Gasteiger partial charge in [0, 0.05) is 6.54 Å². The molecule has 0 saturated carbocycles. The second-order valence-corrected chi connectivity index (χ2v) is 6.54. The summed E-state index contributed by atoms with van der Waals surface area (Å²) in [4.78, 5) is 14.0. The molecule has 0 aliphatic carbocycles. The lowest BCUT2D eigenvalue weighted by atomic mass is 9.90. The van der Waals surface area contributed by atoms with Gasteiger partial charge < -0.3 is 29.6 Å². The summed E-state index contributed by atoms with van der Waals surface area (Å²) in [6.45, 7) is 4.59. The minimum Gasteiger partial charge on any atom is -0.493 e. The lowest BCUT2D eigenvalue weighted by molar-refractivity contribution is -0.172. The van der Waals surface area contributed by atoms with Crippen molar-refractivity contribution in [2.45, 2.75) is 44.4 Å². The number of hydrogen-bond acceptors (Lipinski definition) is 6. The highest BCUT2D eigenvalue weighted by atomic mass is 16.7. The summed E-state index contributed by atoms with van der Waals surface area (Å²) >= 11 is 0. The van der Waals surface area contributed by atoms with Crippen LogP contribution in [0, 0.1) is 0 Å². The molecule has 0 aromatic heterocycles. The van der Waals surface area contributed by atoms with E-state index in [1.54, 1.807) is 19.1 Å². The van der Waals surface area contributed by atoms with Crippen LogP contribution in [0.15, 0.2) is 18.2 Å². The van der Waals surface area contributed by atoms with Crippen LogP contribution < -0.4 is 15.2 Å². The molecule has 1 aromatic rings. The Labute approximate surface area is 141 Å². The fourth-order valence-corrected chi connectivity index (χ4v) is 3.27. The first-order chi connectivity index (χ1) is 11.4. The van der Waals surface area contributed by atoms with Gasteiger partial charge in [0.05, 0.1) is 26.9 Å². The van der Waals surface area contributed by atoms with E-state index in [-0.39, 0.29) is 18.1 Å². The Morgan fingerprint density at radius 3 is 2.58 bits per heavy atom. The van der Waals surface area contributed by atoms with Crippen LogP contribution >= 0.6 is 0 Å². The van der Waals surface area contributed by atoms with Gasteiger partial charge in [0.1, 0.15) is 12.1 Å². The van der Waals surface area contributed by atoms with Crippen molar-refractivity contribution < 1.29 is 23.7 Å². The van der Waals surface area contributed by atoms with Crippen molar-refractivity contribution >= 4 is 5.91 Å². The summed E-state index contributed by atoms with van der Waals surface area (Å²) in [7, 11) is 3.17. The summed E-state index contributed by atoms with van der Waals surface area (Å²) < 4.78 is 22.0. The Hall–Kier alpha value is -1.83. The van der Waals surface area contributed by atoms with E-state index in [1.807, 2.05) is 32.0 Å². The van der Waals surface area contributed by atoms with E-state index in [2.05, 4.69) is 0 Å². The van der Waals surface area contributed by atoms with Crippen LogP contribution in [0.3, 0.4) is 0 Å². The average Bonchev–Trinajstić information content (AvgIpc) is 2.92. The van der Waals surface area contributed by atoms with Crippen molar-refractivity contribution in [3.05, 3.63) is 23.8 Å². The number of benzene rings is 1. The molecule has 0 unspecified atom stereocenters. The lowest BCUT2D eigenvalue weighted by Gasteiger charge is -2.47. The third-order valence-corrected chi connectivity index (χ3v) is 4.51. The molecule has 0 spiro atoms. The minimum atomic E-state index is -0.641. The van der Waals surface area contributed by atoms with E-state index in [9.17, 15) is 4.79 Å². The molecule has 2 saturated heterocycles. The zero-order valence-corrected chi connectivity index (χ0v) is 14.4. The molecule has 3 rings (SSSR count). The van der Waals surface area contributed by atoms with Gasteiger partial charge in [-0.05, 0) is 31.5 Å². The number of methoxy groups -OCH3 is 2. The first kappa shape index (κ1) is 17.0. The highest BCUT2D eigenvalue weighted by Crippen LogP contribution is 2.34. The van der Waals surface area contributed by atoms with Gasteiger partial charge >= 0.3 is 0 Å². The summed E-state index contributed by atoms with van der Waals surface area (Å²) in [5, 5.41) is 0. The van der Waals surface area contributed by atoms with Crippen LogP contribution in [0.1, 0.15) is 19.4 Å². The van der Waals surface area contributed by atoms with E-state index in [4.69, 9.17) is 24.7 Å². The van der Waals surface area contributed by atoms with Crippen LogP contribution in [0.25, 0.3) is 0 Å². The van der Waals surface area contributed by atoms with Crippen molar-refractivity contribution in [3.8, 4) is 11.5 Å². The SMILES string of the molecule is COc1ccc(CN2C(=O)[C@H](N)[C@H]2[C@@H]2COC(C)(C)O2)cc1OC. The molecule has 1 amide bonds. The maximum Gasteiger partial charge on any atom is 0.242 e. The van der Waals surface area contributed by atoms with E-state index >= 15 is 0 Å². The standard InChI is InChI=1S/C17H24N2O5/c1-17(2)23-9-13(24-17)15-14(18)16(20)19(15)8-10-5-6-11(21-3)12(7-10)22-4/h5-7,13-15H,8-9,18H2,1-4H3/t13-,14+,15+/m0/s1. The molecule has 2 fully saturated rings. The van der Waals surface area contributed by atoms with Gasteiger partial charge in [-0.15, -0.1) is 0 Å². The van der Waals surface area contributed by atoms with Gasteiger partial charge in [-0.25, -0.2) is 0 Å². The van der Waals surface area contributed by atoms with Crippen LogP contribution in [0.2, 0.25) is 0 Å². The number of nitrogens with two attached hydrogens (primary N) is 1. The lowest BCUT2D eigenvalue weighted by Crippen LogP contribution is -2.72. The smallest absolute Gasteiger partial charge is 0.242 e. The molecule has 7 heteroatoms. The zero-order valence-electron chi connectivity index (χ0n) is 14.4. The number of likely N-dealkylation sites (tertiary alicyclic amines) is 1. The Morgan fingerprint density at radius 1 is 1.29 bits per heavy atom. The molecule has 3 atom stereocenters. The monoisotopic (exact) mass is 336 g/mol. The fourth-order valence-electron chi connectivity index (χ4n) is 3.27. The Morgan fingerprint density at radius 2 is 2.00 bits per heavy atom. The van der Waals surface area contributed by atoms with E-state index in [0.29, 0.717) is 24.7 Å². The molecule has 2 heterocycles. The second kappa shape index (κ2) is 6.23. The van der Waals surface area contributed by atoms with Crippen LogP contribution in [-0.2, 0) is 20.8 Å². The molecule has 7 nitrogen and oxygen atoms in total. The molecule has 2 N–H and O–H groups in total. The highest BCUT2D eigenvalue weighted by molar-refractivity contribution is 5.89. The van der Waals surface area contributed by atoms with Crippen LogP contribution in [-0.4, -0.2) is 55.6 Å². The van der Waals surface area contributed by atoms with Crippen LogP contribution in [0.5, 0.6) is 11.5 Å². The Bertz CT molecular complexity index is 633. The molecular weight excluding hydrogens is 312 g/mol. The third kappa shape index (κ3) is 2.94. The fraction of sp³-hybridized carbons (Fsp3) is 0.588. The van der Waals surface area contributed by atoms with Crippen molar-refractivity contribution in [3.63, 3.8) is 0 Å². The number of β-lactam (4-membered cyclic amide) rings is 1. The minimum absolute atomic E-state index is 0.0805. The zero-order chi connectivity index (χ0) is 17.5. The van der Waals surface area contributed by atoms with Gasteiger partial charge in [0.15, 0.2) is 17.3 Å². The van der Waals surface area contributed by atoms with Gasteiger partial charge in [0.25, 0.3) is 0 Å². The quantitative estimate of drug-likeness (QED) is 0.804. The number of ether oxygens (including phenoxy) is 4. The molecule has 0 bridgehead atoms. The maximum absolute atomic E-state index is 12.2. The van der Waals surface area contributed by atoms with Gasteiger partial charge in [-0.1, -0.05) is 6.07 Å². The first-order valence-corrected chi connectivity index (χ1v) is 7.95. The summed E-state index contributed by atoms with van der Waals surface area (Å²) in [5.41, 5.74) is 6.95. The predicted octanol–water partition coefficient (Wildman–Crippen LogP) is 0.893. The van der Waals surface area contributed by atoms with Gasteiger partial charge in [-0.3, -0.25) is 4.79 Å². The van der Waals surface area contributed by atoms with E-state index in [0.717, 1.165) is 5.56 Å². The van der Waals surface area contributed by atoms with Crippen molar-refractivity contribution in [2.24, 2.45) is 5.73 Å². The number of rotatable bonds is 5. The molecular formula is C17H24N2O5. The van der Waals surface area contributed by atoms with Crippen LogP contribution in [0.4, 0.5) is 0 Å². The van der Waals surface area contributed by atoms with E-state index in [1.165, 1.54) is 0 Å².